The number of hydrogen-bond donors (Lipinski definition) is 0. The summed E-state index contributed by atoms with van der Waals surface area (Å²) < 4.78 is 42.4. The molecule has 0 aromatic heterocycles. The Labute approximate surface area is 114 Å². The highest BCUT2D eigenvalue weighted by Gasteiger charge is 2.43. The van der Waals surface area contributed by atoms with Crippen LogP contribution in [0.1, 0.15) is 19.3 Å². The summed E-state index contributed by atoms with van der Waals surface area (Å²) in [6.07, 6.45) is -3.50. The van der Waals surface area contributed by atoms with Gasteiger partial charge in [-0.25, -0.2) is 0 Å². The minimum atomic E-state index is -4.85. The van der Waals surface area contributed by atoms with Crippen LogP contribution < -0.4 is 0 Å². The topological polar surface area (TPSA) is 49.9 Å². The van der Waals surface area contributed by atoms with Crippen LogP contribution in [0.15, 0.2) is 0 Å². The molecule has 0 saturated carbocycles. The van der Waals surface area contributed by atoms with Crippen molar-refractivity contribution in [1.29, 1.82) is 0 Å². The van der Waals surface area contributed by atoms with E-state index in [0.717, 1.165) is 11.3 Å². The fourth-order valence-corrected chi connectivity index (χ4v) is 2.50. The van der Waals surface area contributed by atoms with Crippen LogP contribution in [0.2, 0.25) is 0 Å². The normalized spacial score (nSPS) is 24.6. The van der Waals surface area contributed by atoms with Crippen molar-refractivity contribution in [1.82, 2.24) is 9.80 Å². The van der Waals surface area contributed by atoms with Gasteiger partial charge in [0.15, 0.2) is 0 Å². The molecule has 2 saturated heterocycles. The van der Waals surface area contributed by atoms with Gasteiger partial charge < -0.3 is 14.5 Å². The first-order valence-corrected chi connectivity index (χ1v) is 6.66. The highest BCUT2D eigenvalue weighted by Crippen LogP contribution is 2.20. The fraction of sp³-hybridized carbons (Fsp3) is 0.833. The zero-order valence-corrected chi connectivity index (χ0v) is 11.0. The summed E-state index contributed by atoms with van der Waals surface area (Å²) in [6.45, 7) is 0.966. The number of carbonyl (C=O) groups excluding carboxylic acids is 2. The van der Waals surface area contributed by atoms with Gasteiger partial charge in [-0.15, -0.1) is 0 Å². The zero-order valence-electron chi connectivity index (χ0n) is 11.0. The summed E-state index contributed by atoms with van der Waals surface area (Å²) in [7, 11) is 0. The average Bonchev–Trinajstić information content (AvgIpc) is 2.80. The van der Waals surface area contributed by atoms with Crippen molar-refractivity contribution in [2.75, 3.05) is 32.8 Å². The monoisotopic (exact) mass is 294 g/mol. The van der Waals surface area contributed by atoms with Crippen molar-refractivity contribution >= 4 is 11.8 Å². The summed E-state index contributed by atoms with van der Waals surface area (Å²) in [4.78, 5) is 25.5. The van der Waals surface area contributed by atoms with Crippen LogP contribution in [0.3, 0.4) is 0 Å². The van der Waals surface area contributed by atoms with Gasteiger partial charge in [0.2, 0.25) is 0 Å². The van der Waals surface area contributed by atoms with Gasteiger partial charge in [-0.2, -0.15) is 13.2 Å². The lowest BCUT2D eigenvalue weighted by Crippen LogP contribution is -2.44. The molecule has 2 aliphatic rings. The summed E-state index contributed by atoms with van der Waals surface area (Å²) in [5.74, 6) is -2.01. The lowest BCUT2D eigenvalue weighted by Gasteiger charge is -2.24. The Bertz CT molecular complexity index is 381. The molecular weight excluding hydrogens is 277 g/mol. The maximum atomic E-state index is 12.4. The molecule has 0 aromatic carbocycles. The Morgan fingerprint density at radius 3 is 2.25 bits per heavy atom. The number of halogens is 3. The molecule has 20 heavy (non-hydrogen) atoms. The van der Waals surface area contributed by atoms with Gasteiger partial charge in [-0.05, 0) is 19.3 Å². The number of nitrogens with zero attached hydrogens (tertiary/aromatic N) is 2. The van der Waals surface area contributed by atoms with Crippen molar-refractivity contribution in [3.05, 3.63) is 0 Å². The van der Waals surface area contributed by atoms with E-state index in [0.29, 0.717) is 26.0 Å². The third-order valence-electron chi connectivity index (χ3n) is 3.54. The average molecular weight is 294 g/mol. The van der Waals surface area contributed by atoms with Crippen LogP contribution >= 0.6 is 0 Å². The first-order valence-electron chi connectivity index (χ1n) is 6.66. The van der Waals surface area contributed by atoms with E-state index in [4.69, 9.17) is 4.74 Å². The third-order valence-corrected chi connectivity index (χ3v) is 3.54. The second-order valence-electron chi connectivity index (χ2n) is 4.97. The van der Waals surface area contributed by atoms with Crippen LogP contribution in [0.25, 0.3) is 0 Å². The summed E-state index contributed by atoms with van der Waals surface area (Å²) in [5.41, 5.74) is 0. The van der Waals surface area contributed by atoms with Gasteiger partial charge >= 0.3 is 12.1 Å². The quantitative estimate of drug-likeness (QED) is 0.718. The number of alkyl halides is 3. The second kappa shape index (κ2) is 5.99. The molecule has 0 N–H and O–H groups in total. The minimum absolute atomic E-state index is 0.0215. The first-order chi connectivity index (χ1) is 9.39. The standard InChI is InChI=1S/C12H17F3N2O3/c13-12(14,15)11(19)17-5-2-4-16(6-7-17)10(18)9-3-1-8-20-9/h9H,1-8H2. The van der Waals surface area contributed by atoms with Crippen LogP contribution in [-0.2, 0) is 14.3 Å². The first kappa shape index (κ1) is 15.1. The third kappa shape index (κ3) is 3.41. The van der Waals surface area contributed by atoms with E-state index in [1.165, 1.54) is 4.90 Å². The number of carbonyl (C=O) groups is 2. The SMILES string of the molecule is O=C(C1CCCO1)N1CCCN(C(=O)C(F)(F)F)CC1. The fourth-order valence-electron chi connectivity index (χ4n) is 2.50. The van der Waals surface area contributed by atoms with Crippen molar-refractivity contribution in [2.24, 2.45) is 0 Å². The Kier molecular flexibility index (Phi) is 4.52. The highest BCUT2D eigenvalue weighted by atomic mass is 19.4. The largest absolute Gasteiger partial charge is 0.471 e. The Morgan fingerprint density at radius 1 is 1.00 bits per heavy atom. The Morgan fingerprint density at radius 2 is 1.65 bits per heavy atom. The van der Waals surface area contributed by atoms with Crippen molar-refractivity contribution < 1.29 is 27.5 Å². The maximum absolute atomic E-state index is 12.4. The van der Waals surface area contributed by atoms with Crippen LogP contribution in [0, 0.1) is 0 Å². The molecule has 2 amide bonds. The van der Waals surface area contributed by atoms with Gasteiger partial charge in [0.25, 0.3) is 5.91 Å². The number of amides is 2. The number of rotatable bonds is 1. The van der Waals surface area contributed by atoms with Crippen LogP contribution in [0.4, 0.5) is 13.2 Å². The molecule has 5 nitrogen and oxygen atoms in total. The van der Waals surface area contributed by atoms with Crippen LogP contribution in [-0.4, -0.2) is 66.7 Å². The van der Waals surface area contributed by atoms with Gasteiger partial charge in [-0.3, -0.25) is 9.59 Å². The Hall–Kier alpha value is -1.31. The van der Waals surface area contributed by atoms with E-state index < -0.39 is 18.2 Å². The zero-order chi connectivity index (χ0) is 14.8. The molecule has 2 aliphatic heterocycles. The maximum Gasteiger partial charge on any atom is 0.471 e. The lowest BCUT2D eigenvalue weighted by atomic mass is 10.2. The molecule has 2 fully saturated rings. The second-order valence-corrected chi connectivity index (χ2v) is 4.97. The van der Waals surface area contributed by atoms with E-state index >= 15 is 0 Å². The van der Waals surface area contributed by atoms with Crippen molar-refractivity contribution in [3.8, 4) is 0 Å². The highest BCUT2D eigenvalue weighted by molar-refractivity contribution is 5.83. The molecule has 0 aliphatic carbocycles. The van der Waals surface area contributed by atoms with E-state index in [1.807, 2.05) is 0 Å². The van der Waals surface area contributed by atoms with E-state index in [9.17, 15) is 22.8 Å². The summed E-state index contributed by atoms with van der Waals surface area (Å²) >= 11 is 0. The van der Waals surface area contributed by atoms with Crippen molar-refractivity contribution in [3.63, 3.8) is 0 Å². The molecular formula is C12H17F3N2O3. The van der Waals surface area contributed by atoms with E-state index in [1.54, 1.807) is 0 Å². The lowest BCUT2D eigenvalue weighted by molar-refractivity contribution is -0.185. The molecule has 0 radical (unpaired) electrons. The Balaban J connectivity index is 1.92. The molecule has 1 unspecified atom stereocenters. The van der Waals surface area contributed by atoms with Gasteiger partial charge in [0.05, 0.1) is 0 Å². The molecule has 0 aromatic rings. The summed E-state index contributed by atoms with van der Waals surface area (Å²) in [6, 6.07) is 0. The van der Waals surface area contributed by atoms with E-state index in [2.05, 4.69) is 0 Å². The van der Waals surface area contributed by atoms with Gasteiger partial charge in [0, 0.05) is 32.8 Å². The minimum Gasteiger partial charge on any atom is -0.368 e. The number of hydrogen-bond acceptors (Lipinski definition) is 3. The molecule has 8 heteroatoms. The predicted octanol–water partition coefficient (Wildman–Crippen LogP) is 0.789. The number of ether oxygens (including phenoxy) is 1. The predicted molar refractivity (Wildman–Crippen MR) is 62.8 cm³/mol. The molecule has 114 valence electrons. The molecule has 2 heterocycles. The molecule has 1 atom stereocenters. The van der Waals surface area contributed by atoms with Gasteiger partial charge in [0.1, 0.15) is 6.10 Å². The smallest absolute Gasteiger partial charge is 0.368 e. The molecule has 2 rings (SSSR count). The van der Waals surface area contributed by atoms with Crippen LogP contribution in [0.5, 0.6) is 0 Å². The van der Waals surface area contributed by atoms with E-state index in [-0.39, 0.29) is 25.5 Å². The molecule has 0 spiro atoms. The van der Waals surface area contributed by atoms with Gasteiger partial charge in [-0.1, -0.05) is 0 Å². The van der Waals surface area contributed by atoms with Crippen molar-refractivity contribution in [2.45, 2.75) is 31.5 Å². The summed E-state index contributed by atoms with van der Waals surface area (Å²) in [5, 5.41) is 0. The molecule has 0 bridgehead atoms.